The maximum absolute atomic E-state index is 13.2. The molecule has 4 aromatic rings. The van der Waals surface area contributed by atoms with E-state index in [1.807, 2.05) is 65.7 Å². The van der Waals surface area contributed by atoms with Crippen LogP contribution in [0.2, 0.25) is 0 Å². The lowest BCUT2D eigenvalue weighted by atomic mass is 9.97. The fourth-order valence-corrected chi connectivity index (χ4v) is 4.56. The van der Waals surface area contributed by atoms with Gasteiger partial charge in [-0.25, -0.2) is 9.97 Å². The zero-order valence-electron chi connectivity index (χ0n) is 17.3. The van der Waals surface area contributed by atoms with Crippen LogP contribution in [0.3, 0.4) is 0 Å². The first-order valence-electron chi connectivity index (χ1n) is 10.4. The topological polar surface area (TPSA) is 68.5 Å². The number of fused-ring (bicyclic) bond motifs is 1. The third-order valence-corrected chi connectivity index (χ3v) is 6.32. The molecule has 1 aliphatic heterocycles. The molecule has 0 spiro atoms. The van der Waals surface area contributed by atoms with Crippen molar-refractivity contribution in [1.29, 1.82) is 0 Å². The van der Waals surface area contributed by atoms with Crippen LogP contribution in [-0.2, 0) is 6.61 Å². The minimum atomic E-state index is 0.00997. The average Bonchev–Trinajstić information content (AvgIpc) is 3.43. The van der Waals surface area contributed by atoms with Crippen molar-refractivity contribution in [2.45, 2.75) is 32.3 Å². The molecule has 31 heavy (non-hydrogen) atoms. The molecule has 0 aliphatic carbocycles. The van der Waals surface area contributed by atoms with E-state index in [2.05, 4.69) is 9.97 Å². The molecule has 1 aliphatic rings. The number of nitrogens with zero attached hydrogens (tertiary/aromatic N) is 3. The lowest BCUT2D eigenvalue weighted by Gasteiger charge is -2.31. The van der Waals surface area contributed by atoms with E-state index in [0.717, 1.165) is 41.2 Å². The van der Waals surface area contributed by atoms with E-state index in [4.69, 9.17) is 9.15 Å². The third kappa shape index (κ3) is 4.32. The average molecular weight is 434 g/mol. The maximum atomic E-state index is 13.2. The maximum Gasteiger partial charge on any atom is 0.254 e. The van der Waals surface area contributed by atoms with Crippen LogP contribution in [0.4, 0.5) is 0 Å². The van der Waals surface area contributed by atoms with E-state index in [-0.39, 0.29) is 11.8 Å². The largest absolute Gasteiger partial charge is 0.487 e. The number of para-hydroxylation sites is 2. The van der Waals surface area contributed by atoms with E-state index in [9.17, 15) is 4.79 Å². The van der Waals surface area contributed by atoms with Crippen LogP contribution in [0.1, 0.15) is 45.7 Å². The molecule has 6 nitrogen and oxygen atoms in total. The van der Waals surface area contributed by atoms with Crippen LogP contribution in [0.15, 0.2) is 58.3 Å². The van der Waals surface area contributed by atoms with Crippen molar-refractivity contribution in [2.75, 3.05) is 13.1 Å². The number of hydrogen-bond acceptors (Lipinski definition) is 6. The highest BCUT2D eigenvalue weighted by Crippen LogP contribution is 2.30. The first-order chi connectivity index (χ1) is 15.2. The van der Waals surface area contributed by atoms with E-state index >= 15 is 0 Å². The lowest BCUT2D eigenvalue weighted by molar-refractivity contribution is 0.0698. The van der Waals surface area contributed by atoms with Crippen molar-refractivity contribution in [3.8, 4) is 5.75 Å². The molecule has 0 N–H and O–H groups in total. The van der Waals surface area contributed by atoms with E-state index in [1.54, 1.807) is 11.3 Å². The number of aromatic nitrogens is 2. The number of amides is 1. The summed E-state index contributed by atoms with van der Waals surface area (Å²) in [6.07, 6.45) is 1.89. The summed E-state index contributed by atoms with van der Waals surface area (Å²) in [7, 11) is 0. The number of benzene rings is 2. The molecule has 5 rings (SSSR count). The SMILES string of the molecule is Cc1nc(COc2cccc(C(=O)N3CCCC(c4nc5ccccc5o4)C3)c2)cs1. The second kappa shape index (κ2) is 8.51. The Kier molecular flexibility index (Phi) is 5.42. The first kappa shape index (κ1) is 19.8. The van der Waals surface area contributed by atoms with Crippen LogP contribution < -0.4 is 4.74 Å². The molecule has 0 saturated carbocycles. The molecule has 1 fully saturated rings. The van der Waals surface area contributed by atoms with Crippen molar-refractivity contribution >= 4 is 28.3 Å². The Bertz CT molecular complexity index is 1180. The second-order valence-electron chi connectivity index (χ2n) is 7.78. The Morgan fingerprint density at radius 2 is 2.13 bits per heavy atom. The van der Waals surface area contributed by atoms with E-state index in [1.165, 1.54) is 0 Å². The molecule has 1 unspecified atom stereocenters. The number of carbonyl (C=O) groups excluding carboxylic acids is 1. The summed E-state index contributed by atoms with van der Waals surface area (Å²) in [5, 5.41) is 3.01. The second-order valence-corrected chi connectivity index (χ2v) is 8.85. The molecular formula is C24H23N3O3S. The molecule has 0 radical (unpaired) electrons. The number of likely N-dealkylation sites (tertiary alicyclic amines) is 1. The van der Waals surface area contributed by atoms with Crippen LogP contribution in [0.25, 0.3) is 11.1 Å². The van der Waals surface area contributed by atoms with Gasteiger partial charge in [0.25, 0.3) is 5.91 Å². The van der Waals surface area contributed by atoms with Gasteiger partial charge in [0.1, 0.15) is 17.9 Å². The van der Waals surface area contributed by atoms with Gasteiger partial charge < -0.3 is 14.1 Å². The molecule has 0 bridgehead atoms. The Hall–Kier alpha value is -3.19. The predicted octanol–water partition coefficient (Wildman–Crippen LogP) is 5.19. The summed E-state index contributed by atoms with van der Waals surface area (Å²) in [6.45, 7) is 3.71. The summed E-state index contributed by atoms with van der Waals surface area (Å²) >= 11 is 1.60. The number of thiazole rings is 1. The zero-order chi connectivity index (χ0) is 21.2. The fraction of sp³-hybridized carbons (Fsp3) is 0.292. The molecule has 2 aromatic heterocycles. The smallest absolute Gasteiger partial charge is 0.254 e. The van der Waals surface area contributed by atoms with E-state index in [0.29, 0.717) is 30.4 Å². The standard InChI is InChI=1S/C24H23N3O3S/c1-16-25-19(15-31-16)14-29-20-8-4-6-17(12-20)24(28)27-11-5-7-18(13-27)23-26-21-9-2-3-10-22(21)30-23/h2-4,6,8-10,12,15,18H,5,7,11,13-14H2,1H3. The summed E-state index contributed by atoms with van der Waals surface area (Å²) < 4.78 is 11.8. The molecule has 1 saturated heterocycles. The van der Waals surface area contributed by atoms with Gasteiger partial charge in [0.15, 0.2) is 11.5 Å². The number of hydrogen-bond donors (Lipinski definition) is 0. The first-order valence-corrected chi connectivity index (χ1v) is 11.3. The van der Waals surface area contributed by atoms with Crippen molar-refractivity contribution in [3.63, 3.8) is 0 Å². The summed E-state index contributed by atoms with van der Waals surface area (Å²) in [6, 6.07) is 15.2. The quantitative estimate of drug-likeness (QED) is 0.433. The summed E-state index contributed by atoms with van der Waals surface area (Å²) in [4.78, 5) is 24.1. The summed E-state index contributed by atoms with van der Waals surface area (Å²) in [5.74, 6) is 1.51. The highest BCUT2D eigenvalue weighted by Gasteiger charge is 2.28. The van der Waals surface area contributed by atoms with Crippen LogP contribution in [0, 0.1) is 6.92 Å². The highest BCUT2D eigenvalue weighted by atomic mass is 32.1. The van der Waals surface area contributed by atoms with Crippen molar-refractivity contribution in [3.05, 3.63) is 76.1 Å². The number of aryl methyl sites for hydroxylation is 1. The van der Waals surface area contributed by atoms with Gasteiger partial charge in [-0.3, -0.25) is 4.79 Å². The fourth-order valence-electron chi connectivity index (χ4n) is 3.96. The van der Waals surface area contributed by atoms with Crippen LogP contribution >= 0.6 is 11.3 Å². The van der Waals surface area contributed by atoms with Gasteiger partial charge in [-0.1, -0.05) is 18.2 Å². The molecule has 2 aromatic carbocycles. The molecule has 7 heteroatoms. The van der Waals surface area contributed by atoms with Crippen LogP contribution in [0.5, 0.6) is 5.75 Å². The van der Waals surface area contributed by atoms with Crippen molar-refractivity contribution in [2.24, 2.45) is 0 Å². The summed E-state index contributed by atoms with van der Waals surface area (Å²) in [5.41, 5.74) is 3.18. The third-order valence-electron chi connectivity index (χ3n) is 5.50. The number of ether oxygens (including phenoxy) is 1. The Balaban J connectivity index is 1.28. The van der Waals surface area contributed by atoms with Crippen LogP contribution in [-0.4, -0.2) is 33.9 Å². The molecule has 158 valence electrons. The van der Waals surface area contributed by atoms with Gasteiger partial charge >= 0.3 is 0 Å². The molecular weight excluding hydrogens is 410 g/mol. The number of oxazole rings is 1. The molecule has 1 atom stereocenters. The van der Waals surface area contributed by atoms with Gasteiger partial charge in [0.05, 0.1) is 16.6 Å². The van der Waals surface area contributed by atoms with Gasteiger partial charge in [0.2, 0.25) is 0 Å². The number of carbonyl (C=O) groups is 1. The predicted molar refractivity (Wildman–Crippen MR) is 120 cm³/mol. The highest BCUT2D eigenvalue weighted by molar-refractivity contribution is 7.09. The minimum absolute atomic E-state index is 0.00997. The molecule has 3 heterocycles. The Morgan fingerprint density at radius 1 is 1.23 bits per heavy atom. The Morgan fingerprint density at radius 3 is 2.97 bits per heavy atom. The minimum Gasteiger partial charge on any atom is -0.487 e. The zero-order valence-corrected chi connectivity index (χ0v) is 18.1. The monoisotopic (exact) mass is 433 g/mol. The van der Waals surface area contributed by atoms with Gasteiger partial charge in [-0.15, -0.1) is 11.3 Å². The van der Waals surface area contributed by atoms with Crippen molar-refractivity contribution < 1.29 is 13.9 Å². The van der Waals surface area contributed by atoms with E-state index < -0.39 is 0 Å². The van der Waals surface area contributed by atoms with Crippen molar-refractivity contribution in [1.82, 2.24) is 14.9 Å². The lowest BCUT2D eigenvalue weighted by Crippen LogP contribution is -2.39. The normalized spacial score (nSPS) is 16.5. The number of rotatable bonds is 5. The molecule has 1 amide bonds. The van der Waals surface area contributed by atoms with Gasteiger partial charge in [-0.05, 0) is 50.1 Å². The number of piperidine rings is 1. The van der Waals surface area contributed by atoms with Gasteiger partial charge in [-0.2, -0.15) is 0 Å². The Labute approximate surface area is 184 Å². The van der Waals surface area contributed by atoms with Gasteiger partial charge in [0, 0.05) is 24.0 Å².